The summed E-state index contributed by atoms with van der Waals surface area (Å²) >= 11 is 3.39. The molecule has 1 aromatic heterocycles. The molecule has 7 heteroatoms. The first kappa shape index (κ1) is 15.4. The van der Waals surface area contributed by atoms with E-state index >= 15 is 0 Å². The number of aromatic nitrogens is 1. The lowest BCUT2D eigenvalue weighted by Gasteiger charge is -2.02. The second kappa shape index (κ2) is 6.31. The molecule has 6 nitrogen and oxygen atoms in total. The second-order valence-electron chi connectivity index (χ2n) is 4.81. The van der Waals surface area contributed by atoms with Gasteiger partial charge in [-0.3, -0.25) is 10.1 Å². The van der Waals surface area contributed by atoms with Gasteiger partial charge >= 0.3 is 0 Å². The minimum absolute atomic E-state index is 0.0493. The van der Waals surface area contributed by atoms with E-state index in [0.717, 1.165) is 10.0 Å². The average molecular weight is 375 g/mol. The number of nitro groups is 1. The van der Waals surface area contributed by atoms with E-state index in [-0.39, 0.29) is 12.3 Å². The molecule has 2 aromatic carbocycles. The molecule has 0 saturated carbocycles. The molecule has 0 aliphatic heterocycles. The van der Waals surface area contributed by atoms with Crippen LogP contribution in [0.3, 0.4) is 0 Å². The van der Waals surface area contributed by atoms with Gasteiger partial charge in [-0.1, -0.05) is 45.4 Å². The maximum absolute atomic E-state index is 10.9. The monoisotopic (exact) mass is 374 g/mol. The number of rotatable bonds is 4. The summed E-state index contributed by atoms with van der Waals surface area (Å²) in [4.78, 5) is 10.4. The Kier molecular flexibility index (Phi) is 4.22. The van der Waals surface area contributed by atoms with Gasteiger partial charge in [0.1, 0.15) is 5.69 Å². The van der Waals surface area contributed by atoms with Crippen LogP contribution >= 0.6 is 15.9 Å². The third kappa shape index (κ3) is 3.01. The van der Waals surface area contributed by atoms with E-state index < -0.39 is 4.92 Å². The minimum Gasteiger partial charge on any atom is -0.391 e. The van der Waals surface area contributed by atoms with Gasteiger partial charge in [-0.05, 0) is 12.1 Å². The van der Waals surface area contributed by atoms with Crippen molar-refractivity contribution in [2.24, 2.45) is 0 Å². The number of hydrogen-bond acceptors (Lipinski definition) is 5. The van der Waals surface area contributed by atoms with Crippen LogP contribution in [0.5, 0.6) is 0 Å². The number of hydrogen-bond donors (Lipinski definition) is 1. The summed E-state index contributed by atoms with van der Waals surface area (Å²) in [6, 6.07) is 13.5. The first-order valence-corrected chi connectivity index (χ1v) is 7.49. The maximum Gasteiger partial charge on any atom is 0.270 e. The molecule has 0 amide bonds. The van der Waals surface area contributed by atoms with Crippen molar-refractivity contribution in [1.82, 2.24) is 5.16 Å². The quantitative estimate of drug-likeness (QED) is 0.546. The number of non-ortho nitro benzene ring substituents is 1. The molecule has 0 atom stereocenters. The molecule has 1 N–H and O–H groups in total. The van der Waals surface area contributed by atoms with E-state index in [1.165, 1.54) is 12.1 Å². The number of aliphatic hydroxyl groups is 1. The first-order valence-electron chi connectivity index (χ1n) is 6.70. The van der Waals surface area contributed by atoms with Crippen LogP contribution in [-0.4, -0.2) is 15.2 Å². The molecule has 0 aliphatic rings. The Morgan fingerprint density at radius 3 is 2.61 bits per heavy atom. The predicted molar refractivity (Wildman–Crippen MR) is 87.7 cm³/mol. The van der Waals surface area contributed by atoms with Crippen LogP contribution in [0, 0.1) is 10.1 Å². The van der Waals surface area contributed by atoms with Crippen LogP contribution in [-0.2, 0) is 6.61 Å². The number of halogens is 1. The van der Waals surface area contributed by atoms with Crippen LogP contribution in [0.1, 0.15) is 5.56 Å². The van der Waals surface area contributed by atoms with Crippen molar-refractivity contribution in [3.8, 4) is 22.6 Å². The Morgan fingerprint density at radius 2 is 1.91 bits per heavy atom. The van der Waals surface area contributed by atoms with Crippen LogP contribution in [0.2, 0.25) is 0 Å². The molecule has 23 heavy (non-hydrogen) atoms. The number of aliphatic hydroxyl groups excluding tert-OH is 1. The molecule has 0 radical (unpaired) electrons. The normalized spacial score (nSPS) is 10.7. The highest BCUT2D eigenvalue weighted by molar-refractivity contribution is 9.10. The fraction of sp³-hybridized carbons (Fsp3) is 0.0625. The molecule has 0 spiro atoms. The molecule has 0 saturated heterocycles. The fourth-order valence-electron chi connectivity index (χ4n) is 2.31. The third-order valence-electron chi connectivity index (χ3n) is 3.36. The summed E-state index contributed by atoms with van der Waals surface area (Å²) in [7, 11) is 0. The van der Waals surface area contributed by atoms with E-state index in [1.807, 2.05) is 24.3 Å². The van der Waals surface area contributed by atoms with Gasteiger partial charge in [0.25, 0.3) is 5.69 Å². The van der Waals surface area contributed by atoms with Crippen LogP contribution < -0.4 is 0 Å². The summed E-state index contributed by atoms with van der Waals surface area (Å²) in [6.45, 7) is -0.288. The van der Waals surface area contributed by atoms with Gasteiger partial charge in [-0.25, -0.2) is 0 Å². The molecular weight excluding hydrogens is 364 g/mol. The Labute approximate surface area is 139 Å². The predicted octanol–water partition coefficient (Wildman–Crippen LogP) is 4.17. The first-order chi connectivity index (χ1) is 11.1. The van der Waals surface area contributed by atoms with Crippen molar-refractivity contribution in [2.45, 2.75) is 6.61 Å². The van der Waals surface area contributed by atoms with E-state index in [9.17, 15) is 15.2 Å². The van der Waals surface area contributed by atoms with Gasteiger partial charge < -0.3 is 9.63 Å². The second-order valence-corrected chi connectivity index (χ2v) is 5.73. The average Bonchev–Trinajstić information content (AvgIpc) is 2.99. The summed E-state index contributed by atoms with van der Waals surface area (Å²) in [6.07, 6.45) is 0. The molecule has 3 rings (SSSR count). The van der Waals surface area contributed by atoms with Gasteiger partial charge in [-0.2, -0.15) is 0 Å². The Bertz CT molecular complexity index is 876. The lowest BCUT2D eigenvalue weighted by molar-refractivity contribution is -0.384. The standard InChI is InChI=1S/C16H11BrN2O4/c17-12-5-1-3-10(7-12)15-14(9-20)16(23-18-15)11-4-2-6-13(8-11)19(21)22/h1-8,20H,9H2. The summed E-state index contributed by atoms with van der Waals surface area (Å²) in [5.41, 5.74) is 2.23. The lowest BCUT2D eigenvalue weighted by atomic mass is 10.0. The highest BCUT2D eigenvalue weighted by atomic mass is 79.9. The molecule has 1 heterocycles. The molecular formula is C16H11BrN2O4. The Balaban J connectivity index is 2.12. The van der Waals surface area contributed by atoms with Gasteiger partial charge in [0, 0.05) is 27.7 Å². The zero-order valence-electron chi connectivity index (χ0n) is 11.8. The van der Waals surface area contributed by atoms with E-state index in [0.29, 0.717) is 22.6 Å². The minimum atomic E-state index is -0.478. The molecule has 116 valence electrons. The Hall–Kier alpha value is -2.51. The third-order valence-corrected chi connectivity index (χ3v) is 3.86. The zero-order chi connectivity index (χ0) is 16.4. The summed E-state index contributed by atoms with van der Waals surface area (Å²) in [5.74, 6) is 0.325. The molecule has 0 fully saturated rings. The highest BCUT2D eigenvalue weighted by Gasteiger charge is 2.20. The number of nitrogens with zero attached hydrogens (tertiary/aromatic N) is 2. The smallest absolute Gasteiger partial charge is 0.270 e. The van der Waals surface area contributed by atoms with Crippen molar-refractivity contribution < 1.29 is 14.6 Å². The van der Waals surface area contributed by atoms with Crippen molar-refractivity contribution >= 4 is 21.6 Å². The van der Waals surface area contributed by atoms with Crippen molar-refractivity contribution in [3.05, 3.63) is 68.7 Å². The summed E-state index contributed by atoms with van der Waals surface area (Å²) in [5, 5.41) is 24.6. The SMILES string of the molecule is O=[N+]([O-])c1cccc(-c2onc(-c3cccc(Br)c3)c2CO)c1. The highest BCUT2D eigenvalue weighted by Crippen LogP contribution is 2.34. The van der Waals surface area contributed by atoms with Crippen LogP contribution in [0.15, 0.2) is 57.5 Å². The lowest BCUT2D eigenvalue weighted by Crippen LogP contribution is -1.91. The zero-order valence-corrected chi connectivity index (χ0v) is 13.4. The van der Waals surface area contributed by atoms with Crippen LogP contribution in [0.25, 0.3) is 22.6 Å². The molecule has 0 bridgehead atoms. The maximum atomic E-state index is 10.9. The van der Waals surface area contributed by atoms with Gasteiger partial charge in [0.2, 0.25) is 0 Å². The molecule has 0 unspecified atom stereocenters. The van der Waals surface area contributed by atoms with Crippen molar-refractivity contribution in [2.75, 3.05) is 0 Å². The molecule has 0 aliphatic carbocycles. The van der Waals surface area contributed by atoms with Gasteiger partial charge in [0.05, 0.1) is 17.1 Å². The van der Waals surface area contributed by atoms with Crippen LogP contribution in [0.4, 0.5) is 5.69 Å². The summed E-state index contributed by atoms with van der Waals surface area (Å²) < 4.78 is 6.23. The van der Waals surface area contributed by atoms with Crippen molar-refractivity contribution in [1.29, 1.82) is 0 Å². The van der Waals surface area contributed by atoms with Crippen molar-refractivity contribution in [3.63, 3.8) is 0 Å². The Morgan fingerprint density at radius 1 is 1.17 bits per heavy atom. The number of nitro benzene ring substituents is 1. The van der Waals surface area contributed by atoms with E-state index in [2.05, 4.69) is 21.1 Å². The largest absolute Gasteiger partial charge is 0.391 e. The van der Waals surface area contributed by atoms with Gasteiger partial charge in [-0.15, -0.1) is 0 Å². The number of benzene rings is 2. The topological polar surface area (TPSA) is 89.4 Å². The van der Waals surface area contributed by atoms with Gasteiger partial charge in [0.15, 0.2) is 5.76 Å². The van der Waals surface area contributed by atoms with E-state index in [1.54, 1.807) is 12.1 Å². The fourth-order valence-corrected chi connectivity index (χ4v) is 2.71. The molecule has 3 aromatic rings. The van der Waals surface area contributed by atoms with E-state index in [4.69, 9.17) is 4.52 Å².